The summed E-state index contributed by atoms with van der Waals surface area (Å²) in [5, 5.41) is 0.0316. The van der Waals surface area contributed by atoms with Gasteiger partial charge in [-0.2, -0.15) is 13.2 Å². The van der Waals surface area contributed by atoms with Crippen LogP contribution in [-0.4, -0.2) is 6.18 Å². The number of allylic oxidation sites excluding steroid dienone is 5. The summed E-state index contributed by atoms with van der Waals surface area (Å²) in [6.45, 7) is 4.75. The van der Waals surface area contributed by atoms with E-state index < -0.39 is 11.7 Å². The van der Waals surface area contributed by atoms with Crippen molar-refractivity contribution in [1.29, 1.82) is 0 Å². The molecule has 0 saturated carbocycles. The second-order valence-electron chi connectivity index (χ2n) is 2.31. The van der Waals surface area contributed by atoms with Gasteiger partial charge in [0.1, 0.15) is 0 Å². The highest BCUT2D eigenvalue weighted by atomic mass is 35.5. The Labute approximate surface area is 80.4 Å². The van der Waals surface area contributed by atoms with Gasteiger partial charge in [-0.15, -0.1) is 0 Å². The van der Waals surface area contributed by atoms with Gasteiger partial charge in [-0.25, -0.2) is 0 Å². The lowest BCUT2D eigenvalue weighted by Crippen LogP contribution is -2.10. The van der Waals surface area contributed by atoms with Crippen molar-refractivity contribution in [3.8, 4) is 0 Å². The summed E-state index contributed by atoms with van der Waals surface area (Å²) in [6, 6.07) is 0. The van der Waals surface area contributed by atoms with Crippen molar-refractivity contribution in [2.45, 2.75) is 19.5 Å². The third-order valence-electron chi connectivity index (χ3n) is 1.33. The minimum Gasteiger partial charge on any atom is -0.166 e. The molecule has 0 nitrogen and oxygen atoms in total. The number of hydrogen-bond donors (Lipinski definition) is 0. The van der Waals surface area contributed by atoms with Gasteiger partial charge in [-0.1, -0.05) is 31.2 Å². The lowest BCUT2D eigenvalue weighted by molar-refractivity contribution is -0.0935. The van der Waals surface area contributed by atoms with Gasteiger partial charge >= 0.3 is 6.18 Å². The molecule has 0 unspecified atom stereocenters. The lowest BCUT2D eigenvalue weighted by Gasteiger charge is -2.08. The minimum absolute atomic E-state index is 0.0316. The van der Waals surface area contributed by atoms with Crippen LogP contribution in [0.4, 0.5) is 13.2 Å². The van der Waals surface area contributed by atoms with E-state index in [9.17, 15) is 13.2 Å². The molecule has 0 spiro atoms. The van der Waals surface area contributed by atoms with Crippen LogP contribution in [0.1, 0.15) is 13.3 Å². The first-order valence-electron chi connectivity index (χ1n) is 3.67. The topological polar surface area (TPSA) is 0 Å². The van der Waals surface area contributed by atoms with Crippen LogP contribution in [0.5, 0.6) is 0 Å². The van der Waals surface area contributed by atoms with Gasteiger partial charge < -0.3 is 0 Å². The third-order valence-corrected chi connectivity index (χ3v) is 1.57. The molecule has 4 heteroatoms. The van der Waals surface area contributed by atoms with Gasteiger partial charge in [0.25, 0.3) is 0 Å². The fourth-order valence-corrected chi connectivity index (χ4v) is 0.932. The molecule has 0 aliphatic rings. The molecule has 13 heavy (non-hydrogen) atoms. The van der Waals surface area contributed by atoms with Crippen LogP contribution in [0.25, 0.3) is 0 Å². The number of alkyl halides is 3. The van der Waals surface area contributed by atoms with E-state index in [0.29, 0.717) is 0 Å². The Morgan fingerprint density at radius 1 is 1.46 bits per heavy atom. The van der Waals surface area contributed by atoms with Crippen molar-refractivity contribution in [3.05, 3.63) is 35.4 Å². The summed E-state index contributed by atoms with van der Waals surface area (Å²) in [5.41, 5.74) is -0.643. The Balaban J connectivity index is 4.77. The smallest absolute Gasteiger partial charge is 0.166 e. The molecular formula is C9H10ClF3. The summed E-state index contributed by atoms with van der Waals surface area (Å²) in [4.78, 5) is 0. The first kappa shape index (κ1) is 12.3. The fraction of sp³-hybridized carbons (Fsp3) is 0.333. The molecule has 0 aromatic rings. The van der Waals surface area contributed by atoms with Crippen molar-refractivity contribution in [2.75, 3.05) is 0 Å². The Morgan fingerprint density at radius 2 is 2.00 bits per heavy atom. The maximum Gasteiger partial charge on any atom is 0.412 e. The maximum atomic E-state index is 12.1. The summed E-state index contributed by atoms with van der Waals surface area (Å²) in [5.74, 6) is 0. The van der Waals surface area contributed by atoms with Crippen molar-refractivity contribution in [2.24, 2.45) is 0 Å². The number of halogens is 4. The van der Waals surface area contributed by atoms with E-state index in [1.54, 1.807) is 0 Å². The third kappa shape index (κ3) is 4.78. The Bertz CT molecular complexity index is 236. The van der Waals surface area contributed by atoms with Crippen LogP contribution in [0, 0.1) is 0 Å². The Morgan fingerprint density at radius 3 is 2.31 bits per heavy atom. The molecule has 0 radical (unpaired) electrons. The zero-order valence-corrected chi connectivity index (χ0v) is 7.91. The predicted molar refractivity (Wildman–Crippen MR) is 48.6 cm³/mol. The van der Waals surface area contributed by atoms with Gasteiger partial charge in [0.05, 0.1) is 0 Å². The zero-order chi connectivity index (χ0) is 10.5. The Hall–Kier alpha value is -0.700. The molecule has 0 bridgehead atoms. The number of hydrogen-bond acceptors (Lipinski definition) is 0. The van der Waals surface area contributed by atoms with Crippen molar-refractivity contribution >= 4 is 11.6 Å². The van der Waals surface area contributed by atoms with Crippen molar-refractivity contribution < 1.29 is 13.2 Å². The van der Waals surface area contributed by atoms with Crippen molar-refractivity contribution in [3.63, 3.8) is 0 Å². The Kier molecular flexibility index (Phi) is 4.85. The first-order valence-corrected chi connectivity index (χ1v) is 4.05. The van der Waals surface area contributed by atoms with Crippen LogP contribution in [0.15, 0.2) is 35.4 Å². The summed E-state index contributed by atoms with van der Waals surface area (Å²) < 4.78 is 36.4. The summed E-state index contributed by atoms with van der Waals surface area (Å²) >= 11 is 5.47. The van der Waals surface area contributed by atoms with Crippen LogP contribution < -0.4 is 0 Å². The van der Waals surface area contributed by atoms with E-state index in [1.165, 1.54) is 19.1 Å². The molecule has 0 aliphatic heterocycles. The molecule has 0 saturated heterocycles. The van der Waals surface area contributed by atoms with Gasteiger partial charge in [0.2, 0.25) is 0 Å². The molecule has 74 valence electrons. The maximum absolute atomic E-state index is 12.1. The predicted octanol–water partition coefficient (Wildman–Crippen LogP) is 4.19. The summed E-state index contributed by atoms with van der Waals surface area (Å²) in [7, 11) is 0. The number of rotatable bonds is 3. The molecule has 0 atom stereocenters. The van der Waals surface area contributed by atoms with E-state index in [1.807, 2.05) is 0 Å². The molecule has 0 aromatic heterocycles. The van der Waals surface area contributed by atoms with Crippen LogP contribution in [-0.2, 0) is 0 Å². The molecule has 0 amide bonds. The quantitative estimate of drug-likeness (QED) is 0.613. The molecule has 0 fully saturated rings. The SMILES string of the molecule is C=C/C=C(Cl)\C=C(/CC)C(F)(F)F. The second-order valence-corrected chi connectivity index (χ2v) is 2.74. The highest BCUT2D eigenvalue weighted by Gasteiger charge is 2.31. The average molecular weight is 211 g/mol. The van der Waals surface area contributed by atoms with Gasteiger partial charge in [0.15, 0.2) is 0 Å². The second kappa shape index (κ2) is 5.12. The monoisotopic (exact) mass is 210 g/mol. The molecule has 0 aliphatic carbocycles. The van der Waals surface area contributed by atoms with E-state index in [-0.39, 0.29) is 11.5 Å². The highest BCUT2D eigenvalue weighted by molar-refractivity contribution is 6.31. The fourth-order valence-electron chi connectivity index (χ4n) is 0.711. The molecular weight excluding hydrogens is 201 g/mol. The zero-order valence-electron chi connectivity index (χ0n) is 7.16. The van der Waals surface area contributed by atoms with Crippen LogP contribution in [0.2, 0.25) is 0 Å². The largest absolute Gasteiger partial charge is 0.412 e. The van der Waals surface area contributed by atoms with Gasteiger partial charge in [-0.3, -0.25) is 0 Å². The van der Waals surface area contributed by atoms with Gasteiger partial charge in [0, 0.05) is 10.6 Å². The summed E-state index contributed by atoms with van der Waals surface area (Å²) in [6.07, 6.45) is -0.844. The minimum atomic E-state index is -4.30. The van der Waals surface area contributed by atoms with Crippen LogP contribution >= 0.6 is 11.6 Å². The first-order chi connectivity index (χ1) is 5.91. The molecule has 0 rings (SSSR count). The van der Waals surface area contributed by atoms with Crippen molar-refractivity contribution in [1.82, 2.24) is 0 Å². The van der Waals surface area contributed by atoms with Crippen LogP contribution in [0.3, 0.4) is 0 Å². The molecule has 0 aromatic carbocycles. The van der Waals surface area contributed by atoms with E-state index in [4.69, 9.17) is 11.6 Å². The van der Waals surface area contributed by atoms with E-state index >= 15 is 0 Å². The normalized spacial score (nSPS) is 14.5. The van der Waals surface area contributed by atoms with Gasteiger partial charge in [-0.05, 0) is 18.6 Å². The highest BCUT2D eigenvalue weighted by Crippen LogP contribution is 2.29. The van der Waals surface area contributed by atoms with E-state index in [2.05, 4.69) is 6.58 Å². The lowest BCUT2D eigenvalue weighted by atomic mass is 10.2. The average Bonchev–Trinajstić information content (AvgIpc) is 1.98. The molecule has 0 heterocycles. The van der Waals surface area contributed by atoms with E-state index in [0.717, 1.165) is 6.08 Å². The molecule has 0 N–H and O–H groups in total. The standard InChI is InChI=1S/C9H10ClF3/c1-3-5-8(10)6-7(4-2)9(11,12)13/h3,5-6H,1,4H2,2H3/b7-6+,8-5+.